The van der Waals surface area contributed by atoms with Crippen LogP contribution in [0.2, 0.25) is 0 Å². The zero-order valence-electron chi connectivity index (χ0n) is 14.0. The standard InChI is InChI=1S/C18H22N4OS/c1-3-9-22(2)12-21-17-15(11-23)24-18-16(17)14(7-8-19-18)20-10-13-5-4-6-13/h3,7-9,11-13H,4-6,10H2,1-2H3,(H,19,20)/b9-3+,21-12?. The molecule has 1 N–H and O–H groups in total. The van der Waals surface area contributed by atoms with E-state index in [1.165, 1.54) is 30.6 Å². The average Bonchev–Trinajstić information content (AvgIpc) is 2.90. The summed E-state index contributed by atoms with van der Waals surface area (Å²) in [7, 11) is 1.91. The van der Waals surface area contributed by atoms with Crippen LogP contribution in [0.4, 0.5) is 11.4 Å². The number of fused-ring (bicyclic) bond motifs is 1. The van der Waals surface area contributed by atoms with E-state index in [1.54, 1.807) is 12.5 Å². The normalized spacial score (nSPS) is 15.2. The number of aldehydes is 1. The molecule has 6 heteroatoms. The Morgan fingerprint density at radius 1 is 1.50 bits per heavy atom. The van der Waals surface area contributed by atoms with E-state index in [9.17, 15) is 4.79 Å². The van der Waals surface area contributed by atoms with Crippen LogP contribution in [0.5, 0.6) is 0 Å². The predicted octanol–water partition coefficient (Wildman–Crippen LogP) is 4.45. The van der Waals surface area contributed by atoms with Crippen molar-refractivity contribution in [2.24, 2.45) is 10.9 Å². The molecular formula is C18H22N4OS. The van der Waals surface area contributed by atoms with Gasteiger partial charge in [-0.25, -0.2) is 9.98 Å². The third-order valence-corrected chi connectivity index (χ3v) is 5.27. The van der Waals surface area contributed by atoms with E-state index in [2.05, 4.69) is 15.3 Å². The van der Waals surface area contributed by atoms with Crippen molar-refractivity contribution in [3.63, 3.8) is 0 Å². The van der Waals surface area contributed by atoms with Gasteiger partial charge in [0.1, 0.15) is 4.83 Å². The van der Waals surface area contributed by atoms with Gasteiger partial charge in [-0.15, -0.1) is 11.3 Å². The zero-order chi connectivity index (χ0) is 16.9. The van der Waals surface area contributed by atoms with Crippen molar-refractivity contribution in [3.8, 4) is 0 Å². The van der Waals surface area contributed by atoms with E-state index in [0.29, 0.717) is 10.6 Å². The van der Waals surface area contributed by atoms with Gasteiger partial charge in [-0.2, -0.15) is 0 Å². The molecule has 1 saturated carbocycles. The van der Waals surface area contributed by atoms with E-state index in [-0.39, 0.29) is 0 Å². The van der Waals surface area contributed by atoms with Crippen LogP contribution in [0.3, 0.4) is 0 Å². The highest BCUT2D eigenvalue weighted by molar-refractivity contribution is 7.21. The summed E-state index contributed by atoms with van der Waals surface area (Å²) in [4.78, 5) is 23.7. The van der Waals surface area contributed by atoms with Gasteiger partial charge in [-0.1, -0.05) is 12.5 Å². The highest BCUT2D eigenvalue weighted by Crippen LogP contribution is 2.40. The minimum absolute atomic E-state index is 0.612. The van der Waals surface area contributed by atoms with Crippen molar-refractivity contribution in [1.82, 2.24) is 9.88 Å². The Morgan fingerprint density at radius 2 is 2.33 bits per heavy atom. The predicted molar refractivity (Wildman–Crippen MR) is 102 cm³/mol. The van der Waals surface area contributed by atoms with Gasteiger partial charge in [0, 0.05) is 31.7 Å². The summed E-state index contributed by atoms with van der Waals surface area (Å²) >= 11 is 1.39. The molecule has 0 atom stereocenters. The molecule has 0 amide bonds. The third-order valence-electron chi connectivity index (χ3n) is 4.26. The molecule has 2 aromatic rings. The van der Waals surface area contributed by atoms with E-state index in [0.717, 1.165) is 34.7 Å². The lowest BCUT2D eigenvalue weighted by molar-refractivity contribution is 0.112. The van der Waals surface area contributed by atoms with Gasteiger partial charge in [0.15, 0.2) is 6.29 Å². The highest BCUT2D eigenvalue weighted by Gasteiger charge is 2.19. The number of rotatable bonds is 7. The maximum atomic E-state index is 11.5. The number of aliphatic imine (C=N–C) groups is 1. The fourth-order valence-electron chi connectivity index (χ4n) is 2.75. The highest BCUT2D eigenvalue weighted by atomic mass is 32.1. The topological polar surface area (TPSA) is 57.6 Å². The minimum Gasteiger partial charge on any atom is -0.384 e. The molecule has 2 aromatic heterocycles. The maximum absolute atomic E-state index is 11.5. The summed E-state index contributed by atoms with van der Waals surface area (Å²) in [6.07, 6.45) is 12.1. The van der Waals surface area contributed by atoms with Gasteiger partial charge < -0.3 is 10.2 Å². The first kappa shape index (κ1) is 16.6. The SMILES string of the molecule is C/C=C/N(C)C=Nc1c(C=O)sc2nccc(NCC3CCC3)c12. The number of hydrogen-bond acceptors (Lipinski definition) is 5. The van der Waals surface area contributed by atoms with Crippen LogP contribution in [0.15, 0.2) is 29.5 Å². The molecule has 0 bridgehead atoms. The van der Waals surface area contributed by atoms with Gasteiger partial charge in [-0.3, -0.25) is 4.79 Å². The molecule has 3 rings (SSSR count). The summed E-state index contributed by atoms with van der Waals surface area (Å²) in [6, 6.07) is 1.97. The second kappa shape index (κ2) is 7.57. The molecule has 0 aliphatic heterocycles. The lowest BCUT2D eigenvalue weighted by atomic mass is 9.85. The number of nitrogens with one attached hydrogen (secondary N) is 1. The number of carbonyl (C=O) groups is 1. The molecule has 2 heterocycles. The smallest absolute Gasteiger partial charge is 0.162 e. The first-order valence-electron chi connectivity index (χ1n) is 8.22. The first-order chi connectivity index (χ1) is 11.7. The zero-order valence-corrected chi connectivity index (χ0v) is 14.8. The van der Waals surface area contributed by atoms with Crippen LogP contribution in [0.25, 0.3) is 10.2 Å². The number of nitrogens with zero attached hydrogens (tertiary/aromatic N) is 3. The minimum atomic E-state index is 0.612. The van der Waals surface area contributed by atoms with Crippen LogP contribution < -0.4 is 5.32 Å². The number of thiophene rings is 1. The molecule has 1 aliphatic rings. The molecule has 0 radical (unpaired) electrons. The molecule has 0 spiro atoms. The second-order valence-electron chi connectivity index (χ2n) is 6.04. The van der Waals surface area contributed by atoms with Gasteiger partial charge in [-0.05, 0) is 31.7 Å². The quantitative estimate of drug-likeness (QED) is 0.459. The molecule has 0 saturated heterocycles. The summed E-state index contributed by atoms with van der Waals surface area (Å²) < 4.78 is 0. The Morgan fingerprint density at radius 3 is 3.00 bits per heavy atom. The Labute approximate surface area is 146 Å². The number of carbonyl (C=O) groups excluding carboxylic acids is 1. The van der Waals surface area contributed by atoms with Crippen LogP contribution in [0.1, 0.15) is 35.9 Å². The molecule has 24 heavy (non-hydrogen) atoms. The molecule has 0 unspecified atom stereocenters. The van der Waals surface area contributed by atoms with Gasteiger partial charge >= 0.3 is 0 Å². The first-order valence-corrected chi connectivity index (χ1v) is 9.04. The van der Waals surface area contributed by atoms with E-state index in [1.807, 2.05) is 37.2 Å². The van der Waals surface area contributed by atoms with Crippen molar-refractivity contribution in [2.45, 2.75) is 26.2 Å². The van der Waals surface area contributed by atoms with Crippen molar-refractivity contribution >= 4 is 45.6 Å². The van der Waals surface area contributed by atoms with Crippen LogP contribution in [-0.2, 0) is 0 Å². The van der Waals surface area contributed by atoms with Gasteiger partial charge in [0.2, 0.25) is 0 Å². The number of allylic oxidation sites excluding steroid dienone is 1. The second-order valence-corrected chi connectivity index (χ2v) is 7.07. The average molecular weight is 342 g/mol. The fourth-order valence-corrected chi connectivity index (χ4v) is 3.68. The van der Waals surface area contributed by atoms with E-state index >= 15 is 0 Å². The molecule has 1 aliphatic carbocycles. The summed E-state index contributed by atoms with van der Waals surface area (Å²) in [5.74, 6) is 0.755. The van der Waals surface area contributed by atoms with Crippen LogP contribution >= 0.6 is 11.3 Å². The number of aromatic nitrogens is 1. The number of anilines is 1. The van der Waals surface area contributed by atoms with Crippen molar-refractivity contribution in [3.05, 3.63) is 29.4 Å². The van der Waals surface area contributed by atoms with E-state index in [4.69, 9.17) is 0 Å². The summed E-state index contributed by atoms with van der Waals surface area (Å²) in [6.45, 7) is 2.92. The van der Waals surface area contributed by atoms with Crippen LogP contribution in [0, 0.1) is 5.92 Å². The number of pyridine rings is 1. The van der Waals surface area contributed by atoms with Crippen molar-refractivity contribution in [2.75, 3.05) is 18.9 Å². The van der Waals surface area contributed by atoms with E-state index < -0.39 is 0 Å². The summed E-state index contributed by atoms with van der Waals surface area (Å²) in [5.41, 5.74) is 1.71. The largest absolute Gasteiger partial charge is 0.384 e. The Bertz CT molecular complexity index is 777. The lowest BCUT2D eigenvalue weighted by Crippen LogP contribution is -2.20. The molecule has 126 valence electrons. The van der Waals surface area contributed by atoms with Gasteiger partial charge in [0.05, 0.1) is 22.3 Å². The fraction of sp³-hybridized carbons (Fsp3) is 0.389. The molecule has 0 aromatic carbocycles. The third kappa shape index (κ3) is 3.48. The molecular weight excluding hydrogens is 320 g/mol. The van der Waals surface area contributed by atoms with Crippen molar-refractivity contribution < 1.29 is 4.79 Å². The Hall–Kier alpha value is -2.21. The Balaban J connectivity index is 1.96. The monoisotopic (exact) mass is 342 g/mol. The molecule has 1 fully saturated rings. The summed E-state index contributed by atoms with van der Waals surface area (Å²) in [5, 5.41) is 4.47. The maximum Gasteiger partial charge on any atom is 0.162 e. The van der Waals surface area contributed by atoms with Crippen LogP contribution in [-0.4, -0.2) is 36.1 Å². The van der Waals surface area contributed by atoms with Crippen molar-refractivity contribution in [1.29, 1.82) is 0 Å². The van der Waals surface area contributed by atoms with Gasteiger partial charge in [0.25, 0.3) is 0 Å². The molecule has 5 nitrogen and oxygen atoms in total. The Kier molecular flexibility index (Phi) is 5.25. The lowest BCUT2D eigenvalue weighted by Gasteiger charge is -2.26. The number of hydrogen-bond donors (Lipinski definition) is 1.